The van der Waals surface area contributed by atoms with E-state index in [2.05, 4.69) is 25.5 Å². The van der Waals surface area contributed by atoms with Crippen LogP contribution in [0, 0.1) is 6.92 Å². The molecule has 0 aromatic carbocycles. The quantitative estimate of drug-likeness (QED) is 0.560. The van der Waals surface area contributed by atoms with Gasteiger partial charge in [0.15, 0.2) is 0 Å². The Morgan fingerprint density at radius 1 is 1.33 bits per heavy atom. The molecule has 9 nitrogen and oxygen atoms in total. The van der Waals surface area contributed by atoms with Gasteiger partial charge in [0.1, 0.15) is 10.7 Å². The number of fused-ring (bicyclic) bond motifs is 1. The molecule has 0 aliphatic carbocycles. The van der Waals surface area contributed by atoms with E-state index >= 15 is 0 Å². The van der Waals surface area contributed by atoms with Crippen LogP contribution in [0.3, 0.4) is 0 Å². The van der Waals surface area contributed by atoms with Crippen molar-refractivity contribution >= 4 is 27.5 Å². The molecule has 136 valence electrons. The molecule has 27 heavy (non-hydrogen) atoms. The highest BCUT2D eigenvalue weighted by molar-refractivity contribution is 7.16. The lowest BCUT2D eigenvalue weighted by Crippen LogP contribution is -2.35. The van der Waals surface area contributed by atoms with Gasteiger partial charge in [0, 0.05) is 30.8 Å². The lowest BCUT2D eigenvalue weighted by atomic mass is 10.2. The molecule has 0 aliphatic rings. The maximum absolute atomic E-state index is 12.4. The van der Waals surface area contributed by atoms with E-state index in [-0.39, 0.29) is 24.3 Å². The van der Waals surface area contributed by atoms with E-state index in [1.807, 2.05) is 6.07 Å². The molecule has 0 bridgehead atoms. The number of hydrogen-bond donors (Lipinski definition) is 1. The Labute approximate surface area is 156 Å². The summed E-state index contributed by atoms with van der Waals surface area (Å²) < 4.78 is 6.32. The molecule has 0 fully saturated rings. The molecule has 1 amide bonds. The zero-order valence-electron chi connectivity index (χ0n) is 14.2. The first-order chi connectivity index (χ1) is 13.1. The largest absolute Gasteiger partial charge is 0.339 e. The summed E-state index contributed by atoms with van der Waals surface area (Å²) in [6.07, 6.45) is 3.62. The molecule has 0 atom stereocenters. The Morgan fingerprint density at radius 2 is 2.22 bits per heavy atom. The summed E-state index contributed by atoms with van der Waals surface area (Å²) in [7, 11) is 0. The first kappa shape index (κ1) is 17.0. The number of aryl methyl sites for hydroxylation is 2. The maximum atomic E-state index is 12.4. The fourth-order valence-corrected chi connectivity index (χ4v) is 3.32. The molecule has 0 radical (unpaired) electrons. The van der Waals surface area contributed by atoms with Crippen molar-refractivity contribution in [3.63, 3.8) is 0 Å². The molecule has 4 heterocycles. The first-order valence-corrected chi connectivity index (χ1v) is 8.99. The summed E-state index contributed by atoms with van der Waals surface area (Å²) in [5.41, 5.74) is 3.01. The number of nitrogens with one attached hydrogen (secondary N) is 1. The highest BCUT2D eigenvalue weighted by Crippen LogP contribution is 2.15. The van der Waals surface area contributed by atoms with Crippen LogP contribution in [0.15, 0.2) is 45.3 Å². The van der Waals surface area contributed by atoms with Crippen molar-refractivity contribution in [2.45, 2.75) is 19.8 Å². The summed E-state index contributed by atoms with van der Waals surface area (Å²) >= 11 is 1.38. The standard InChI is InChI=1S/C17H14N6O3S/c1-10-19-16-12(6-8-27-16)17(25)23(10)21-13(24)4-5-14-20-15(22-26-14)11-3-2-7-18-9-11/h2-3,6-9H,4-5H2,1H3,(H,21,24). The number of rotatable bonds is 5. The van der Waals surface area contributed by atoms with Crippen molar-refractivity contribution in [3.8, 4) is 11.4 Å². The predicted molar refractivity (Wildman–Crippen MR) is 98.8 cm³/mol. The minimum absolute atomic E-state index is 0.0855. The average Bonchev–Trinajstić information content (AvgIpc) is 3.33. The lowest BCUT2D eigenvalue weighted by Gasteiger charge is -2.10. The Balaban J connectivity index is 1.44. The maximum Gasteiger partial charge on any atom is 0.281 e. The first-order valence-electron chi connectivity index (χ1n) is 8.11. The van der Waals surface area contributed by atoms with Crippen LogP contribution in [0.2, 0.25) is 0 Å². The molecular formula is C17H14N6O3S. The Morgan fingerprint density at radius 3 is 3.04 bits per heavy atom. The number of nitrogens with zero attached hydrogens (tertiary/aromatic N) is 5. The van der Waals surface area contributed by atoms with Crippen molar-refractivity contribution in [1.29, 1.82) is 0 Å². The molecule has 10 heteroatoms. The van der Waals surface area contributed by atoms with Crippen molar-refractivity contribution in [3.05, 3.63) is 58.0 Å². The minimum Gasteiger partial charge on any atom is -0.339 e. The molecule has 0 spiro atoms. The number of hydrogen-bond acceptors (Lipinski definition) is 8. The third-order valence-electron chi connectivity index (χ3n) is 3.86. The van der Waals surface area contributed by atoms with Gasteiger partial charge in [0.25, 0.3) is 5.56 Å². The van der Waals surface area contributed by atoms with Crippen LogP contribution in [0.1, 0.15) is 18.1 Å². The Bertz CT molecular complexity index is 1160. The number of carbonyl (C=O) groups excluding carboxylic acids is 1. The van der Waals surface area contributed by atoms with Gasteiger partial charge < -0.3 is 4.52 Å². The normalized spacial score (nSPS) is 11.0. The summed E-state index contributed by atoms with van der Waals surface area (Å²) in [5, 5.41) is 6.15. The van der Waals surface area contributed by atoms with E-state index in [0.717, 1.165) is 10.2 Å². The molecule has 4 rings (SSSR count). The van der Waals surface area contributed by atoms with Crippen LogP contribution >= 0.6 is 11.3 Å². The van der Waals surface area contributed by atoms with Gasteiger partial charge in [-0.1, -0.05) is 5.16 Å². The van der Waals surface area contributed by atoms with Crippen molar-refractivity contribution in [1.82, 2.24) is 24.8 Å². The van der Waals surface area contributed by atoms with Gasteiger partial charge in [-0.2, -0.15) is 4.98 Å². The van der Waals surface area contributed by atoms with Crippen LogP contribution in [0.5, 0.6) is 0 Å². The molecule has 0 unspecified atom stereocenters. The van der Waals surface area contributed by atoms with E-state index in [1.165, 1.54) is 11.3 Å². The highest BCUT2D eigenvalue weighted by Gasteiger charge is 2.14. The molecular weight excluding hydrogens is 368 g/mol. The fourth-order valence-electron chi connectivity index (χ4n) is 2.52. The van der Waals surface area contributed by atoms with Crippen LogP contribution in [-0.2, 0) is 11.2 Å². The van der Waals surface area contributed by atoms with Crippen LogP contribution < -0.4 is 11.0 Å². The Kier molecular flexibility index (Phi) is 4.47. The second-order valence-electron chi connectivity index (χ2n) is 5.73. The van der Waals surface area contributed by atoms with Gasteiger partial charge in [0.05, 0.1) is 5.39 Å². The van der Waals surface area contributed by atoms with Gasteiger partial charge >= 0.3 is 0 Å². The topological polar surface area (TPSA) is 116 Å². The summed E-state index contributed by atoms with van der Waals surface area (Å²) in [4.78, 5) is 37.9. The molecule has 1 N–H and O–H groups in total. The molecule has 0 saturated carbocycles. The smallest absolute Gasteiger partial charge is 0.281 e. The zero-order valence-corrected chi connectivity index (χ0v) is 15.1. The Hall–Kier alpha value is -3.40. The fraction of sp³-hybridized carbons (Fsp3) is 0.176. The average molecular weight is 382 g/mol. The monoisotopic (exact) mass is 382 g/mol. The number of carbonyl (C=O) groups is 1. The zero-order chi connectivity index (χ0) is 18.8. The van der Waals surface area contributed by atoms with Gasteiger partial charge in [-0.05, 0) is 30.5 Å². The number of amides is 1. The summed E-state index contributed by atoms with van der Waals surface area (Å²) in [6, 6.07) is 5.28. The third-order valence-corrected chi connectivity index (χ3v) is 4.66. The van der Waals surface area contributed by atoms with E-state index < -0.39 is 0 Å². The number of aromatic nitrogens is 5. The van der Waals surface area contributed by atoms with E-state index in [4.69, 9.17) is 4.52 Å². The molecule has 4 aromatic heterocycles. The lowest BCUT2D eigenvalue weighted by molar-refractivity contribution is -0.117. The van der Waals surface area contributed by atoms with Crippen molar-refractivity contribution < 1.29 is 9.32 Å². The van der Waals surface area contributed by atoms with Crippen LogP contribution in [0.4, 0.5) is 0 Å². The number of pyridine rings is 1. The third kappa shape index (κ3) is 3.47. The highest BCUT2D eigenvalue weighted by atomic mass is 32.1. The summed E-state index contributed by atoms with van der Waals surface area (Å²) in [5.74, 6) is 0.815. The van der Waals surface area contributed by atoms with Crippen LogP contribution in [0.25, 0.3) is 21.6 Å². The van der Waals surface area contributed by atoms with E-state index in [0.29, 0.717) is 27.8 Å². The van der Waals surface area contributed by atoms with Gasteiger partial charge in [-0.25, -0.2) is 9.66 Å². The van der Waals surface area contributed by atoms with Crippen molar-refractivity contribution in [2.24, 2.45) is 0 Å². The van der Waals surface area contributed by atoms with E-state index in [1.54, 1.807) is 36.8 Å². The van der Waals surface area contributed by atoms with Crippen LogP contribution in [-0.4, -0.2) is 30.7 Å². The molecule has 0 aliphatic heterocycles. The SMILES string of the molecule is Cc1nc2sccc2c(=O)n1NC(=O)CCc1nc(-c2cccnc2)no1. The van der Waals surface area contributed by atoms with Gasteiger partial charge in [-0.15, -0.1) is 11.3 Å². The molecule has 4 aromatic rings. The van der Waals surface area contributed by atoms with Crippen molar-refractivity contribution in [2.75, 3.05) is 5.43 Å². The second kappa shape index (κ2) is 7.08. The second-order valence-corrected chi connectivity index (χ2v) is 6.62. The van der Waals surface area contributed by atoms with E-state index in [9.17, 15) is 9.59 Å². The number of thiophene rings is 1. The van der Waals surface area contributed by atoms with Gasteiger partial charge in [-0.3, -0.25) is 20.0 Å². The minimum atomic E-state index is -0.349. The predicted octanol–water partition coefficient (Wildman–Crippen LogP) is 1.91. The van der Waals surface area contributed by atoms with Gasteiger partial charge in [0.2, 0.25) is 17.6 Å². The summed E-state index contributed by atoms with van der Waals surface area (Å²) in [6.45, 7) is 1.67. The molecule has 0 saturated heterocycles.